The Hall–Kier alpha value is -2.15. The fourth-order valence-electron chi connectivity index (χ4n) is 3.14. The number of amides is 1. The van der Waals surface area contributed by atoms with E-state index in [1.54, 1.807) is 0 Å². The van der Waals surface area contributed by atoms with Gasteiger partial charge in [-0.15, -0.1) is 0 Å². The molecule has 0 fully saturated rings. The van der Waals surface area contributed by atoms with Crippen molar-refractivity contribution in [3.8, 4) is 11.1 Å². The van der Waals surface area contributed by atoms with Crippen LogP contribution in [0.1, 0.15) is 19.8 Å². The van der Waals surface area contributed by atoms with E-state index < -0.39 is 8.07 Å². The number of aromatic nitrogens is 2. The number of nitrogens with one attached hydrogen (secondary N) is 1. The van der Waals surface area contributed by atoms with Crippen LogP contribution in [0.3, 0.4) is 0 Å². The second kappa shape index (κ2) is 9.77. The zero-order chi connectivity index (χ0) is 21.7. The van der Waals surface area contributed by atoms with Gasteiger partial charge in [-0.1, -0.05) is 56.4 Å². The van der Waals surface area contributed by atoms with Gasteiger partial charge in [0.2, 0.25) is 5.91 Å². The average molecular weight is 444 g/mol. The molecule has 0 saturated carbocycles. The molecule has 0 aliphatic heterocycles. The summed E-state index contributed by atoms with van der Waals surface area (Å²) in [4.78, 5) is 12.2. The first kappa shape index (κ1) is 22.5. The molecular weight excluding hydrogens is 414 g/mol. The zero-order valence-electron chi connectivity index (χ0n) is 18.2. The van der Waals surface area contributed by atoms with Crippen molar-refractivity contribution in [3.05, 3.63) is 47.5 Å². The Morgan fingerprint density at radius 1 is 1.13 bits per heavy atom. The molecule has 1 heterocycles. The third-order valence-electron chi connectivity index (χ3n) is 4.87. The minimum Gasteiger partial charge on any atom is -0.360 e. The molecule has 7 heteroatoms. The molecule has 3 rings (SSSR count). The van der Waals surface area contributed by atoms with Gasteiger partial charge in [0.15, 0.2) is 5.82 Å². The maximum atomic E-state index is 12.2. The Balaban J connectivity index is 1.91. The molecule has 5 nitrogen and oxygen atoms in total. The smallest absolute Gasteiger partial charge is 0.225 e. The van der Waals surface area contributed by atoms with Crippen molar-refractivity contribution in [1.82, 2.24) is 9.78 Å². The van der Waals surface area contributed by atoms with Crippen LogP contribution in [0.5, 0.6) is 0 Å². The summed E-state index contributed by atoms with van der Waals surface area (Å²) in [5, 5.41) is 9.21. The normalized spacial score (nSPS) is 11.8. The molecule has 30 heavy (non-hydrogen) atoms. The van der Waals surface area contributed by atoms with E-state index in [9.17, 15) is 4.79 Å². The third kappa shape index (κ3) is 5.94. The summed E-state index contributed by atoms with van der Waals surface area (Å²) >= 11 is 6.03. The summed E-state index contributed by atoms with van der Waals surface area (Å²) < 4.78 is 7.77. The number of fused-ring (bicyclic) bond motifs is 1. The summed E-state index contributed by atoms with van der Waals surface area (Å²) in [5.74, 6) is 0.561. The molecule has 1 N–H and O–H groups in total. The van der Waals surface area contributed by atoms with E-state index >= 15 is 0 Å². The van der Waals surface area contributed by atoms with Gasteiger partial charge in [-0.2, -0.15) is 5.10 Å². The lowest BCUT2D eigenvalue weighted by atomic mass is 10.0. The lowest BCUT2D eigenvalue weighted by Crippen LogP contribution is -2.22. The van der Waals surface area contributed by atoms with Crippen molar-refractivity contribution in [2.45, 2.75) is 52.2 Å². The van der Waals surface area contributed by atoms with Crippen molar-refractivity contribution >= 4 is 42.3 Å². The van der Waals surface area contributed by atoms with E-state index in [0.717, 1.165) is 34.5 Å². The predicted molar refractivity (Wildman–Crippen MR) is 128 cm³/mol. The first-order valence-electron chi connectivity index (χ1n) is 10.4. The first-order valence-corrected chi connectivity index (χ1v) is 14.5. The predicted octanol–water partition coefficient (Wildman–Crippen LogP) is 6.41. The Labute approximate surface area is 184 Å². The Bertz CT molecular complexity index is 1010. The largest absolute Gasteiger partial charge is 0.360 e. The topological polar surface area (TPSA) is 56.2 Å². The van der Waals surface area contributed by atoms with E-state index in [0.29, 0.717) is 30.6 Å². The van der Waals surface area contributed by atoms with Crippen molar-refractivity contribution in [1.29, 1.82) is 0 Å². The molecule has 1 aromatic heterocycles. The fourth-order valence-corrected chi connectivity index (χ4v) is 4.02. The van der Waals surface area contributed by atoms with Crippen LogP contribution < -0.4 is 5.32 Å². The van der Waals surface area contributed by atoms with Crippen LogP contribution >= 0.6 is 11.6 Å². The molecule has 0 unspecified atom stereocenters. The first-order chi connectivity index (χ1) is 14.3. The van der Waals surface area contributed by atoms with Crippen molar-refractivity contribution in [3.63, 3.8) is 0 Å². The van der Waals surface area contributed by atoms with Crippen LogP contribution in [0.25, 0.3) is 22.0 Å². The zero-order valence-corrected chi connectivity index (χ0v) is 19.9. The molecule has 160 valence electrons. The number of carbonyl (C=O) groups excluding carboxylic acids is 1. The molecule has 0 spiro atoms. The minimum atomic E-state index is -1.16. The summed E-state index contributed by atoms with van der Waals surface area (Å²) in [6.45, 7) is 10.1. The number of hydrogen-bond acceptors (Lipinski definition) is 3. The Kier molecular flexibility index (Phi) is 7.34. The van der Waals surface area contributed by atoms with E-state index in [-0.39, 0.29) is 5.91 Å². The van der Waals surface area contributed by atoms with Gasteiger partial charge in [-0.05, 0) is 47.9 Å². The Morgan fingerprint density at radius 3 is 2.50 bits per heavy atom. The summed E-state index contributed by atoms with van der Waals surface area (Å²) in [6.07, 6.45) is 1.27. The Morgan fingerprint density at radius 2 is 1.83 bits per heavy atom. The number of rotatable bonds is 9. The molecule has 1 amide bonds. The molecule has 3 aromatic rings. The third-order valence-corrected chi connectivity index (χ3v) is 6.83. The van der Waals surface area contributed by atoms with Crippen LogP contribution in [0.4, 0.5) is 5.82 Å². The van der Waals surface area contributed by atoms with E-state index in [1.807, 2.05) is 48.0 Å². The quantitative estimate of drug-likeness (QED) is 0.307. The van der Waals surface area contributed by atoms with E-state index in [4.69, 9.17) is 16.3 Å². The molecule has 0 radical (unpaired) electrons. The van der Waals surface area contributed by atoms with Gasteiger partial charge in [0.25, 0.3) is 0 Å². The SMILES string of the molecule is CCCC(=O)Nc1nn(COCC[Si](C)(C)C)c2cc(-c3ccc(Cl)cc3)ccc12. The van der Waals surface area contributed by atoms with Gasteiger partial charge in [0.1, 0.15) is 6.73 Å². The number of hydrogen-bond donors (Lipinski definition) is 1. The number of benzene rings is 2. The minimum absolute atomic E-state index is 0.0227. The van der Waals surface area contributed by atoms with Crippen LogP contribution in [0, 0.1) is 0 Å². The highest BCUT2D eigenvalue weighted by Gasteiger charge is 2.15. The maximum absolute atomic E-state index is 12.2. The second-order valence-electron chi connectivity index (χ2n) is 8.73. The van der Waals surface area contributed by atoms with Gasteiger partial charge in [0.05, 0.1) is 5.52 Å². The molecule has 0 bridgehead atoms. The summed E-state index contributed by atoms with van der Waals surface area (Å²) in [7, 11) is -1.16. The van der Waals surface area contributed by atoms with Crippen LogP contribution in [0.2, 0.25) is 30.7 Å². The van der Waals surface area contributed by atoms with Gasteiger partial charge >= 0.3 is 0 Å². The highest BCUT2D eigenvalue weighted by atomic mass is 35.5. The standard InChI is InChI=1S/C23H30ClN3O2Si/c1-5-6-22(28)25-23-20-12-9-18(17-7-10-19(24)11-8-17)15-21(20)27(26-23)16-29-13-14-30(2,3)4/h7-12,15H,5-6,13-14,16H2,1-4H3,(H,25,26,28). The highest BCUT2D eigenvalue weighted by Crippen LogP contribution is 2.29. The van der Waals surface area contributed by atoms with E-state index in [2.05, 4.69) is 36.1 Å². The molecular formula is C23H30ClN3O2Si. The van der Waals surface area contributed by atoms with Gasteiger partial charge in [-0.25, -0.2) is 4.68 Å². The van der Waals surface area contributed by atoms with Crippen LogP contribution in [-0.2, 0) is 16.3 Å². The lowest BCUT2D eigenvalue weighted by molar-refractivity contribution is -0.116. The van der Waals surface area contributed by atoms with Crippen LogP contribution in [-0.4, -0.2) is 30.4 Å². The lowest BCUT2D eigenvalue weighted by Gasteiger charge is -2.15. The molecule has 0 aliphatic carbocycles. The number of ether oxygens (including phenoxy) is 1. The number of nitrogens with zero attached hydrogens (tertiary/aromatic N) is 2. The molecule has 2 aromatic carbocycles. The van der Waals surface area contributed by atoms with Gasteiger partial charge < -0.3 is 10.1 Å². The van der Waals surface area contributed by atoms with Gasteiger partial charge in [-0.3, -0.25) is 4.79 Å². The molecule has 0 saturated heterocycles. The number of anilines is 1. The van der Waals surface area contributed by atoms with Crippen molar-refractivity contribution < 1.29 is 9.53 Å². The fraction of sp³-hybridized carbons (Fsp3) is 0.391. The summed E-state index contributed by atoms with van der Waals surface area (Å²) in [6, 6.07) is 15.0. The van der Waals surface area contributed by atoms with Crippen molar-refractivity contribution in [2.75, 3.05) is 11.9 Å². The molecule has 0 aliphatic rings. The average Bonchev–Trinajstić information content (AvgIpc) is 3.02. The number of halogens is 1. The molecule has 0 atom stereocenters. The number of carbonyl (C=O) groups is 1. The monoisotopic (exact) mass is 443 g/mol. The van der Waals surface area contributed by atoms with Gasteiger partial charge in [0, 0.05) is 31.5 Å². The second-order valence-corrected chi connectivity index (χ2v) is 14.8. The maximum Gasteiger partial charge on any atom is 0.225 e. The van der Waals surface area contributed by atoms with Crippen LogP contribution in [0.15, 0.2) is 42.5 Å². The highest BCUT2D eigenvalue weighted by molar-refractivity contribution is 6.76. The van der Waals surface area contributed by atoms with Crippen molar-refractivity contribution in [2.24, 2.45) is 0 Å². The summed E-state index contributed by atoms with van der Waals surface area (Å²) in [5.41, 5.74) is 3.07. The van der Waals surface area contributed by atoms with E-state index in [1.165, 1.54) is 0 Å².